The predicted molar refractivity (Wildman–Crippen MR) is 109 cm³/mol. The third kappa shape index (κ3) is 3.76. The first-order chi connectivity index (χ1) is 14.4. The van der Waals surface area contributed by atoms with E-state index in [1.54, 1.807) is 0 Å². The van der Waals surface area contributed by atoms with Gasteiger partial charge in [-0.3, -0.25) is 4.98 Å². The molecule has 1 aliphatic heterocycles. The quantitative estimate of drug-likeness (QED) is 0.520. The van der Waals surface area contributed by atoms with Gasteiger partial charge in [-0.05, 0) is 30.5 Å². The lowest BCUT2D eigenvalue weighted by molar-refractivity contribution is 0.388. The van der Waals surface area contributed by atoms with Crippen LogP contribution in [-0.2, 0) is 6.54 Å². The maximum atomic E-state index is 5.58. The molecule has 0 aliphatic carbocycles. The predicted octanol–water partition coefficient (Wildman–Crippen LogP) is 3.76. The third-order valence-electron chi connectivity index (χ3n) is 5.35. The van der Waals surface area contributed by atoms with Crippen molar-refractivity contribution in [2.75, 3.05) is 18.0 Å². The fraction of sp³-hybridized carbons (Fsp3) is 0.273. The minimum Gasteiger partial charge on any atom is -0.330 e. The first kappa shape index (κ1) is 17.6. The van der Waals surface area contributed by atoms with E-state index in [-0.39, 0.29) is 0 Å². The van der Waals surface area contributed by atoms with E-state index in [0.29, 0.717) is 17.8 Å². The smallest absolute Gasteiger partial charge is 0.324 e. The number of hydrogen-bond acceptors (Lipinski definition) is 6. The maximum Gasteiger partial charge on any atom is 0.324 e. The first-order valence-corrected chi connectivity index (χ1v) is 9.91. The molecule has 4 heterocycles. The third-order valence-corrected chi connectivity index (χ3v) is 5.35. The summed E-state index contributed by atoms with van der Waals surface area (Å²) in [6, 6.07) is 14.6. The molecule has 0 saturated carbocycles. The molecule has 29 heavy (non-hydrogen) atoms. The van der Waals surface area contributed by atoms with Crippen LogP contribution in [0.15, 0.2) is 71.8 Å². The number of rotatable bonds is 5. The van der Waals surface area contributed by atoms with Crippen LogP contribution in [0, 0.1) is 0 Å². The highest BCUT2D eigenvalue weighted by atomic mass is 16.5. The highest BCUT2D eigenvalue weighted by Crippen LogP contribution is 2.30. The molecule has 4 aromatic rings. The van der Waals surface area contributed by atoms with Crippen LogP contribution in [0.3, 0.4) is 0 Å². The Kier molecular flexibility index (Phi) is 4.78. The van der Waals surface area contributed by atoms with Crippen LogP contribution < -0.4 is 4.90 Å². The number of anilines is 1. The summed E-state index contributed by atoms with van der Waals surface area (Å²) < 4.78 is 7.81. The first-order valence-electron chi connectivity index (χ1n) is 9.91. The average molecular weight is 386 g/mol. The molecule has 3 aromatic heterocycles. The Hall–Kier alpha value is -3.48. The maximum absolute atomic E-state index is 5.58. The number of aromatic nitrogens is 5. The monoisotopic (exact) mass is 386 g/mol. The van der Waals surface area contributed by atoms with Crippen molar-refractivity contribution in [3.05, 3.63) is 78.6 Å². The summed E-state index contributed by atoms with van der Waals surface area (Å²) in [6.07, 6.45) is 9.76. The summed E-state index contributed by atoms with van der Waals surface area (Å²) >= 11 is 0. The zero-order chi connectivity index (χ0) is 19.5. The zero-order valence-corrected chi connectivity index (χ0v) is 16.1. The number of pyridine rings is 1. The summed E-state index contributed by atoms with van der Waals surface area (Å²) in [7, 11) is 0. The molecule has 0 spiro atoms. The Morgan fingerprint density at radius 1 is 1.03 bits per heavy atom. The molecule has 1 aromatic carbocycles. The van der Waals surface area contributed by atoms with Gasteiger partial charge in [-0.15, -0.1) is 0 Å². The normalized spacial score (nSPS) is 16.8. The molecule has 0 bridgehead atoms. The molecule has 7 heteroatoms. The Morgan fingerprint density at radius 3 is 2.76 bits per heavy atom. The molecule has 0 N–H and O–H groups in total. The highest BCUT2D eigenvalue weighted by molar-refractivity contribution is 5.55. The van der Waals surface area contributed by atoms with Crippen molar-refractivity contribution in [3.63, 3.8) is 0 Å². The summed E-state index contributed by atoms with van der Waals surface area (Å²) in [5.74, 6) is 2.06. The molecule has 1 atom stereocenters. The molecule has 7 nitrogen and oxygen atoms in total. The van der Waals surface area contributed by atoms with E-state index < -0.39 is 0 Å². The van der Waals surface area contributed by atoms with Gasteiger partial charge < -0.3 is 14.0 Å². The summed E-state index contributed by atoms with van der Waals surface area (Å²) in [4.78, 5) is 15.6. The van der Waals surface area contributed by atoms with E-state index in [1.807, 2.05) is 61.1 Å². The number of piperidine rings is 1. The van der Waals surface area contributed by atoms with Gasteiger partial charge in [0, 0.05) is 55.9 Å². The second kappa shape index (κ2) is 7.87. The van der Waals surface area contributed by atoms with Crippen LogP contribution >= 0.6 is 0 Å². The Morgan fingerprint density at radius 2 is 1.90 bits per heavy atom. The van der Waals surface area contributed by atoms with Gasteiger partial charge in [0.1, 0.15) is 5.82 Å². The number of benzene rings is 1. The van der Waals surface area contributed by atoms with E-state index in [2.05, 4.69) is 35.8 Å². The van der Waals surface area contributed by atoms with Crippen molar-refractivity contribution in [2.24, 2.45) is 0 Å². The van der Waals surface area contributed by atoms with Gasteiger partial charge in [-0.1, -0.05) is 35.5 Å². The minimum absolute atomic E-state index is 0.327. The van der Waals surface area contributed by atoms with Crippen molar-refractivity contribution < 1.29 is 4.52 Å². The van der Waals surface area contributed by atoms with Crippen molar-refractivity contribution in [2.45, 2.75) is 25.3 Å². The van der Waals surface area contributed by atoms with E-state index in [4.69, 9.17) is 4.52 Å². The summed E-state index contributed by atoms with van der Waals surface area (Å²) in [6.45, 7) is 2.54. The van der Waals surface area contributed by atoms with E-state index >= 15 is 0 Å². The molecule has 1 fully saturated rings. The molecule has 146 valence electrons. The van der Waals surface area contributed by atoms with Crippen molar-refractivity contribution in [3.8, 4) is 11.4 Å². The number of nitrogens with zero attached hydrogens (tertiary/aromatic N) is 6. The molecule has 0 unspecified atom stereocenters. The highest BCUT2D eigenvalue weighted by Gasteiger charge is 2.27. The van der Waals surface area contributed by atoms with Crippen molar-refractivity contribution >= 4 is 6.01 Å². The lowest BCUT2D eigenvalue weighted by Crippen LogP contribution is -2.35. The molecule has 1 saturated heterocycles. The van der Waals surface area contributed by atoms with Gasteiger partial charge in [-0.25, -0.2) is 4.98 Å². The van der Waals surface area contributed by atoms with Gasteiger partial charge in [-0.2, -0.15) is 4.98 Å². The second-order valence-corrected chi connectivity index (χ2v) is 7.32. The fourth-order valence-electron chi connectivity index (χ4n) is 3.91. The van der Waals surface area contributed by atoms with E-state index in [1.165, 1.54) is 5.56 Å². The molecule has 0 amide bonds. The van der Waals surface area contributed by atoms with Crippen LogP contribution in [0.1, 0.15) is 30.1 Å². The van der Waals surface area contributed by atoms with Crippen LogP contribution in [0.4, 0.5) is 6.01 Å². The van der Waals surface area contributed by atoms with Crippen LogP contribution in [-0.4, -0.2) is 37.8 Å². The Bertz CT molecular complexity index is 1060. The van der Waals surface area contributed by atoms with Crippen molar-refractivity contribution in [1.29, 1.82) is 0 Å². The lowest BCUT2D eigenvalue weighted by Gasteiger charge is -2.31. The topological polar surface area (TPSA) is 72.9 Å². The van der Waals surface area contributed by atoms with Gasteiger partial charge in [0.2, 0.25) is 5.82 Å². The van der Waals surface area contributed by atoms with Gasteiger partial charge in [0.05, 0.1) is 0 Å². The fourth-order valence-corrected chi connectivity index (χ4v) is 3.91. The second-order valence-electron chi connectivity index (χ2n) is 7.32. The largest absolute Gasteiger partial charge is 0.330 e. The lowest BCUT2D eigenvalue weighted by atomic mass is 9.97. The zero-order valence-electron chi connectivity index (χ0n) is 16.1. The summed E-state index contributed by atoms with van der Waals surface area (Å²) in [5, 5.41) is 4.17. The van der Waals surface area contributed by atoms with E-state index in [9.17, 15) is 0 Å². The number of imidazole rings is 1. The van der Waals surface area contributed by atoms with Gasteiger partial charge in [0.15, 0.2) is 0 Å². The molecule has 0 radical (unpaired) electrons. The average Bonchev–Trinajstić information content (AvgIpc) is 3.45. The van der Waals surface area contributed by atoms with E-state index in [0.717, 1.165) is 43.9 Å². The Balaban J connectivity index is 1.33. The van der Waals surface area contributed by atoms with Crippen LogP contribution in [0.25, 0.3) is 11.4 Å². The SMILES string of the molecule is c1ccc(-c2noc(N3CCC[C@@H](c4nccn4Cc4ccncc4)C3)n2)cc1. The van der Waals surface area contributed by atoms with Gasteiger partial charge >= 0.3 is 6.01 Å². The van der Waals surface area contributed by atoms with Gasteiger partial charge in [0.25, 0.3) is 0 Å². The minimum atomic E-state index is 0.327. The Labute approximate surface area is 169 Å². The molecule has 1 aliphatic rings. The van der Waals surface area contributed by atoms with Crippen molar-refractivity contribution in [1.82, 2.24) is 24.7 Å². The van der Waals surface area contributed by atoms with Crippen LogP contribution in [0.5, 0.6) is 0 Å². The number of hydrogen-bond donors (Lipinski definition) is 0. The molecule has 5 rings (SSSR count). The summed E-state index contributed by atoms with van der Waals surface area (Å²) in [5.41, 5.74) is 2.18. The molecular weight excluding hydrogens is 364 g/mol. The molecular formula is C22H22N6O. The van der Waals surface area contributed by atoms with Crippen LogP contribution in [0.2, 0.25) is 0 Å². The standard InChI is InChI=1S/C22H22N6O/c1-2-5-18(6-3-1)20-25-22(29-26-20)28-13-4-7-19(16-28)21-24-12-14-27(21)15-17-8-10-23-11-9-17/h1-3,5-6,8-12,14,19H,4,7,13,15-16H2/t19-/m1/s1.